The molecule has 0 aromatic heterocycles. The van der Waals surface area contributed by atoms with Gasteiger partial charge in [-0.3, -0.25) is 14.4 Å². The van der Waals surface area contributed by atoms with E-state index >= 15 is 14.4 Å². The van der Waals surface area contributed by atoms with E-state index in [-0.39, 0.29) is 54.8 Å². The molecule has 0 spiro atoms. The van der Waals surface area contributed by atoms with Crippen molar-refractivity contribution < 1.29 is 29.0 Å². The number of carbonyl (C=O) groups is 3. The van der Waals surface area contributed by atoms with Crippen LogP contribution in [-0.2, 0) is 22.8 Å². The summed E-state index contributed by atoms with van der Waals surface area (Å²) in [4.78, 5) is 46.5. The van der Waals surface area contributed by atoms with Crippen LogP contribution in [0.3, 0.4) is 0 Å². The fourth-order valence-electron chi connectivity index (χ4n) is 8.85. The highest BCUT2D eigenvalue weighted by molar-refractivity contribution is 14.1. The summed E-state index contributed by atoms with van der Waals surface area (Å²) in [6.45, 7) is 22.9. The lowest BCUT2D eigenvalue weighted by molar-refractivity contribution is -0.172. The molecule has 4 unspecified atom stereocenters. The summed E-state index contributed by atoms with van der Waals surface area (Å²) >= 11 is 4.55. The fraction of sp³-hybridized carbons (Fsp3) is 0.404. The molecule has 3 aromatic rings. The minimum Gasteiger partial charge on any atom is -0.510 e. The molecule has 60 heavy (non-hydrogen) atoms. The number of ether oxygens (including phenoxy) is 2. The lowest BCUT2D eigenvalue weighted by Gasteiger charge is -2.60. The fourth-order valence-corrected chi connectivity index (χ4v) is 9.93. The molecule has 2 aliphatic rings. The molecule has 0 saturated heterocycles. The van der Waals surface area contributed by atoms with E-state index < -0.39 is 33.6 Å². The highest BCUT2D eigenvalue weighted by Crippen LogP contribution is 2.67. The van der Waals surface area contributed by atoms with Crippen molar-refractivity contribution in [1.82, 2.24) is 0 Å². The van der Waals surface area contributed by atoms with Crippen molar-refractivity contribution >= 4 is 62.5 Å². The highest BCUT2D eigenvalue weighted by Gasteiger charge is 2.72. The summed E-state index contributed by atoms with van der Waals surface area (Å²) in [6, 6.07) is 20.8. The maximum absolute atomic E-state index is 15.7. The Kier molecular flexibility index (Phi) is 15.4. The molecule has 0 radical (unpaired) electrons. The largest absolute Gasteiger partial charge is 0.510 e. The van der Waals surface area contributed by atoms with E-state index in [4.69, 9.17) is 9.47 Å². The average molecular weight is 1030 g/mol. The van der Waals surface area contributed by atoms with Gasteiger partial charge < -0.3 is 14.6 Å². The standard InChI is InChI=1S/C52H60I2O6/c1-32(2)19-21-37(35(7)8)28-51-29-40(23-20-33(3)4)50(9,10)52(49(51)58,26-25-34(5)6)48(57)45(47(51)56)46(55)36-22-24-43(59-30-38-15-11-13-17-41(38)53)44(27-36)60-31-39-16-12-14-18-42(39)54/h11-20,22,24-25,27,37,40,56H,7,21,23,26,28-31H2,1-6,8-10H3. The molecule has 0 amide bonds. The number of hydrogen-bond acceptors (Lipinski definition) is 6. The second kappa shape index (κ2) is 19.5. The van der Waals surface area contributed by atoms with Gasteiger partial charge in [0, 0.05) is 23.8 Å². The third-order valence-electron chi connectivity index (χ3n) is 12.7. The second-order valence-corrected chi connectivity index (χ2v) is 20.3. The van der Waals surface area contributed by atoms with Crippen LogP contribution in [0.15, 0.2) is 125 Å². The van der Waals surface area contributed by atoms with Crippen LogP contribution in [0.4, 0.5) is 0 Å². The number of allylic oxidation sites excluding steroid dienone is 9. The van der Waals surface area contributed by atoms with Gasteiger partial charge in [0.15, 0.2) is 28.8 Å². The first kappa shape index (κ1) is 47.3. The van der Waals surface area contributed by atoms with Crippen LogP contribution in [0.2, 0.25) is 0 Å². The molecule has 5 rings (SSSR count). The van der Waals surface area contributed by atoms with Crippen LogP contribution >= 0.6 is 45.2 Å². The van der Waals surface area contributed by atoms with Crippen LogP contribution in [0.5, 0.6) is 11.5 Å². The number of ketones is 3. The van der Waals surface area contributed by atoms with Crippen LogP contribution in [0.25, 0.3) is 0 Å². The number of fused-ring (bicyclic) bond motifs is 2. The molecular formula is C52H60I2O6. The van der Waals surface area contributed by atoms with Crippen LogP contribution in [0, 0.1) is 35.2 Å². The van der Waals surface area contributed by atoms with E-state index in [0.29, 0.717) is 30.8 Å². The highest BCUT2D eigenvalue weighted by atomic mass is 127. The third-order valence-corrected chi connectivity index (χ3v) is 14.8. The second-order valence-electron chi connectivity index (χ2n) is 18.0. The van der Waals surface area contributed by atoms with E-state index in [9.17, 15) is 5.11 Å². The third kappa shape index (κ3) is 9.64. The number of carbonyl (C=O) groups excluding carboxylic acids is 3. The predicted molar refractivity (Wildman–Crippen MR) is 259 cm³/mol. The molecular weight excluding hydrogens is 974 g/mol. The van der Waals surface area contributed by atoms with E-state index in [1.165, 1.54) is 0 Å². The molecule has 3 aromatic carbocycles. The Morgan fingerprint density at radius 3 is 1.90 bits per heavy atom. The van der Waals surface area contributed by atoms with Crippen molar-refractivity contribution in [1.29, 1.82) is 0 Å². The maximum Gasteiger partial charge on any atom is 0.200 e. The summed E-state index contributed by atoms with van der Waals surface area (Å²) in [5.41, 5.74) is 1.92. The van der Waals surface area contributed by atoms with Gasteiger partial charge in [0.25, 0.3) is 0 Å². The van der Waals surface area contributed by atoms with Gasteiger partial charge in [-0.15, -0.1) is 0 Å². The Balaban J connectivity index is 1.72. The topological polar surface area (TPSA) is 89.9 Å². The molecule has 1 fully saturated rings. The lowest BCUT2D eigenvalue weighted by Crippen LogP contribution is -2.67. The summed E-state index contributed by atoms with van der Waals surface area (Å²) in [5.74, 6) is -1.57. The smallest absolute Gasteiger partial charge is 0.200 e. The van der Waals surface area contributed by atoms with Gasteiger partial charge in [-0.25, -0.2) is 0 Å². The molecule has 1 N–H and O–H groups in total. The summed E-state index contributed by atoms with van der Waals surface area (Å²) in [7, 11) is 0. The Morgan fingerprint density at radius 1 is 0.817 bits per heavy atom. The van der Waals surface area contributed by atoms with Gasteiger partial charge in [0.05, 0.1) is 5.41 Å². The van der Waals surface area contributed by atoms with Crippen LogP contribution < -0.4 is 9.47 Å². The van der Waals surface area contributed by atoms with Crippen molar-refractivity contribution in [2.24, 2.45) is 28.1 Å². The van der Waals surface area contributed by atoms with E-state index in [0.717, 1.165) is 40.6 Å². The normalized spacial score (nSPS) is 21.1. The Labute approximate surface area is 385 Å². The number of Topliss-reactive ketones (excluding diaryl/α,β-unsaturated/α-hetero) is 3. The van der Waals surface area contributed by atoms with Crippen LogP contribution in [0.1, 0.15) is 116 Å². The number of hydrogen-bond donors (Lipinski definition) is 1. The van der Waals surface area contributed by atoms with Gasteiger partial charge >= 0.3 is 0 Å². The maximum atomic E-state index is 15.7. The first-order valence-electron chi connectivity index (χ1n) is 20.8. The SMILES string of the molecule is C=C(C)C(CC=C(C)C)CC12CC(CC=C(C)C)C(C)(C)C(CC=C(C)C)(C(=O)C(C(=O)c3ccc(OCc4ccccc4I)c(OCc4ccccc4I)c3)=C1O)C2=O. The average Bonchev–Trinajstić information content (AvgIpc) is 3.18. The van der Waals surface area contributed by atoms with Gasteiger partial charge in [-0.05, 0) is 173 Å². The molecule has 2 bridgehead atoms. The van der Waals surface area contributed by atoms with Crippen molar-refractivity contribution in [3.8, 4) is 11.5 Å². The zero-order valence-corrected chi connectivity index (χ0v) is 41.0. The molecule has 4 atom stereocenters. The Bertz CT molecular complexity index is 2280. The van der Waals surface area contributed by atoms with E-state index in [1.807, 2.05) is 117 Å². The van der Waals surface area contributed by atoms with Crippen LogP contribution in [-0.4, -0.2) is 22.5 Å². The van der Waals surface area contributed by atoms with Gasteiger partial charge in [0.1, 0.15) is 30.0 Å². The van der Waals surface area contributed by atoms with Gasteiger partial charge in [-0.2, -0.15) is 0 Å². The number of rotatable bonds is 17. The molecule has 1 saturated carbocycles. The van der Waals surface area contributed by atoms with Gasteiger partial charge in [0.2, 0.25) is 0 Å². The number of halogens is 2. The quantitative estimate of drug-likeness (QED) is 0.0476. The Hall–Kier alpha value is -3.77. The molecule has 318 valence electrons. The van der Waals surface area contributed by atoms with E-state index in [1.54, 1.807) is 18.2 Å². The number of aliphatic hydroxyl groups is 1. The first-order chi connectivity index (χ1) is 28.3. The van der Waals surface area contributed by atoms with E-state index in [2.05, 4.69) is 63.9 Å². The van der Waals surface area contributed by atoms with Crippen molar-refractivity contribution in [3.63, 3.8) is 0 Å². The molecule has 6 nitrogen and oxygen atoms in total. The predicted octanol–water partition coefficient (Wildman–Crippen LogP) is 13.9. The zero-order valence-electron chi connectivity index (χ0n) is 36.6. The first-order valence-corrected chi connectivity index (χ1v) is 22.9. The van der Waals surface area contributed by atoms with Crippen molar-refractivity contribution in [2.45, 2.75) is 108 Å². The Morgan fingerprint density at radius 2 is 1.37 bits per heavy atom. The van der Waals surface area contributed by atoms with Gasteiger partial charge in [-0.1, -0.05) is 97.3 Å². The zero-order chi connectivity index (χ0) is 44.2. The molecule has 8 heteroatoms. The number of aliphatic hydroxyl groups excluding tert-OH is 1. The molecule has 2 aliphatic carbocycles. The molecule has 0 aliphatic heterocycles. The number of benzene rings is 3. The minimum atomic E-state index is -1.62. The lowest BCUT2D eigenvalue weighted by atomic mass is 9.39. The minimum absolute atomic E-state index is 0.123. The van der Waals surface area contributed by atoms with Crippen molar-refractivity contribution in [2.75, 3.05) is 0 Å². The summed E-state index contributed by atoms with van der Waals surface area (Å²) < 4.78 is 14.9. The van der Waals surface area contributed by atoms with Crippen molar-refractivity contribution in [3.05, 3.63) is 149 Å². The monoisotopic (exact) mass is 1030 g/mol. The molecule has 0 heterocycles. The summed E-state index contributed by atoms with van der Waals surface area (Å²) in [6.07, 6.45) is 8.13. The summed E-state index contributed by atoms with van der Waals surface area (Å²) in [5, 5.41) is 12.8.